The van der Waals surface area contributed by atoms with Crippen LogP contribution in [0.5, 0.6) is 17.2 Å². The van der Waals surface area contributed by atoms with Gasteiger partial charge in [0.2, 0.25) is 5.91 Å². The van der Waals surface area contributed by atoms with Crippen LogP contribution in [0.15, 0.2) is 91.3 Å². The van der Waals surface area contributed by atoms with E-state index in [2.05, 4.69) is 15.6 Å². The Balaban J connectivity index is 1.09. The van der Waals surface area contributed by atoms with Crippen LogP contribution in [0.2, 0.25) is 0 Å². The molecule has 2 unspecified atom stereocenters. The van der Waals surface area contributed by atoms with Crippen LogP contribution in [0, 0.1) is 0 Å². The van der Waals surface area contributed by atoms with Gasteiger partial charge in [-0.25, -0.2) is 4.98 Å². The molecule has 11 heteroatoms. The summed E-state index contributed by atoms with van der Waals surface area (Å²) in [5.74, 6) is 2.21. The number of aromatic nitrogens is 3. The van der Waals surface area contributed by atoms with E-state index >= 15 is 0 Å². The predicted octanol–water partition coefficient (Wildman–Crippen LogP) is 6.05. The van der Waals surface area contributed by atoms with Crippen molar-refractivity contribution in [3.05, 3.63) is 108 Å². The molecule has 2 N–H and O–H groups in total. The van der Waals surface area contributed by atoms with Crippen LogP contribution in [0.3, 0.4) is 0 Å². The van der Waals surface area contributed by atoms with Crippen molar-refractivity contribution in [2.24, 2.45) is 7.05 Å². The maximum atomic E-state index is 12.4. The number of carbonyl (C=O) groups excluding carboxylic acids is 3. The summed E-state index contributed by atoms with van der Waals surface area (Å²) in [4.78, 5) is 44.4. The Hall–Kier alpha value is -5.16. The number of pyridine rings is 1. The summed E-state index contributed by atoms with van der Waals surface area (Å²) in [6, 6.07) is 23.8. The molecule has 0 spiro atoms. The van der Waals surface area contributed by atoms with Gasteiger partial charge >= 0.3 is 0 Å². The number of imide groups is 1. The van der Waals surface area contributed by atoms with Gasteiger partial charge in [0.05, 0.1) is 21.8 Å². The highest BCUT2D eigenvalue weighted by molar-refractivity contribution is 8.15. The van der Waals surface area contributed by atoms with Gasteiger partial charge in [-0.3, -0.25) is 24.7 Å². The average Bonchev–Trinajstić information content (AvgIpc) is 3.52. The van der Waals surface area contributed by atoms with Crippen LogP contribution in [-0.4, -0.2) is 36.8 Å². The Kier molecular flexibility index (Phi) is 7.80. The zero-order chi connectivity index (χ0) is 29.9. The van der Waals surface area contributed by atoms with Gasteiger partial charge in [0.15, 0.2) is 11.9 Å². The normalized spacial score (nSPS) is 15.3. The van der Waals surface area contributed by atoms with E-state index < -0.39 is 5.25 Å². The van der Waals surface area contributed by atoms with E-state index in [-0.39, 0.29) is 23.2 Å². The largest absolute Gasteiger partial charge is 0.483 e. The molecule has 1 aliphatic heterocycles. The molecule has 1 aliphatic rings. The number of amides is 3. The molecule has 6 rings (SSSR count). The lowest BCUT2D eigenvalue weighted by atomic mass is 10.1. The average molecular weight is 594 g/mol. The van der Waals surface area contributed by atoms with E-state index in [1.807, 2.05) is 61.0 Å². The number of ether oxygens (including phenoxy) is 2. The fourth-order valence-electron chi connectivity index (χ4n) is 4.76. The second-order valence-electron chi connectivity index (χ2n) is 9.99. The Morgan fingerprint density at radius 2 is 1.77 bits per heavy atom. The van der Waals surface area contributed by atoms with Crippen molar-refractivity contribution in [3.63, 3.8) is 0 Å². The van der Waals surface area contributed by atoms with Crippen LogP contribution >= 0.6 is 11.8 Å². The van der Waals surface area contributed by atoms with Crippen molar-refractivity contribution in [2.75, 3.05) is 5.32 Å². The zero-order valence-electron chi connectivity index (χ0n) is 23.3. The lowest BCUT2D eigenvalue weighted by molar-refractivity contribution is -0.118. The van der Waals surface area contributed by atoms with Crippen LogP contribution in [0.4, 0.5) is 10.5 Å². The van der Waals surface area contributed by atoms with Crippen molar-refractivity contribution in [2.45, 2.75) is 24.7 Å². The minimum Gasteiger partial charge on any atom is -0.483 e. The van der Waals surface area contributed by atoms with Crippen LogP contribution in [0.1, 0.15) is 34.8 Å². The van der Waals surface area contributed by atoms with Crippen molar-refractivity contribution in [1.82, 2.24) is 19.9 Å². The first kappa shape index (κ1) is 28.0. The number of benzene rings is 3. The predicted molar refractivity (Wildman–Crippen MR) is 164 cm³/mol. The third-order valence-electron chi connectivity index (χ3n) is 6.95. The number of imidazole rings is 1. The maximum Gasteiger partial charge on any atom is 0.286 e. The molecule has 3 aromatic carbocycles. The minimum absolute atomic E-state index is 0.234. The molecule has 2 aromatic heterocycles. The first-order valence-electron chi connectivity index (χ1n) is 13.5. The highest BCUT2D eigenvalue weighted by Gasteiger charge is 2.31. The highest BCUT2D eigenvalue weighted by Crippen LogP contribution is 2.30. The number of carbonyl (C=O) groups is 3. The summed E-state index contributed by atoms with van der Waals surface area (Å²) >= 11 is 1.02. The molecule has 2 atom stereocenters. The van der Waals surface area contributed by atoms with E-state index in [1.54, 1.807) is 42.6 Å². The number of aryl methyl sites for hydroxylation is 1. The van der Waals surface area contributed by atoms with Gasteiger partial charge in [0.1, 0.15) is 17.2 Å². The van der Waals surface area contributed by atoms with Gasteiger partial charge < -0.3 is 19.4 Å². The lowest BCUT2D eigenvalue weighted by Gasteiger charge is -2.15. The Labute approximate surface area is 251 Å². The smallest absolute Gasteiger partial charge is 0.286 e. The topological polar surface area (TPSA) is 124 Å². The van der Waals surface area contributed by atoms with Gasteiger partial charge in [0.25, 0.3) is 11.1 Å². The molecule has 216 valence electrons. The maximum absolute atomic E-state index is 12.4. The first-order chi connectivity index (χ1) is 20.8. The van der Waals surface area contributed by atoms with Crippen LogP contribution in [-0.2, 0) is 18.3 Å². The SMILES string of the molecule is CC(Oc1ccc(CC2SC(=O)NC2=O)cc1)c1nc2ccc(Oc3ccc(NC(=O)c4cccnc4)cc3)cc2n1C. The summed E-state index contributed by atoms with van der Waals surface area (Å²) in [5.41, 5.74) is 3.77. The highest BCUT2D eigenvalue weighted by atomic mass is 32.2. The molecule has 0 saturated carbocycles. The molecular weight excluding hydrogens is 566 g/mol. The number of anilines is 1. The summed E-state index contributed by atoms with van der Waals surface area (Å²) in [6.45, 7) is 1.94. The minimum atomic E-state index is -0.406. The van der Waals surface area contributed by atoms with E-state index in [0.717, 1.165) is 34.2 Å². The molecule has 10 nitrogen and oxygen atoms in total. The fraction of sp³-hybridized carbons (Fsp3) is 0.156. The zero-order valence-corrected chi connectivity index (χ0v) is 24.1. The molecule has 5 aromatic rings. The van der Waals surface area contributed by atoms with Gasteiger partial charge in [-0.05, 0) is 79.6 Å². The number of hydrogen-bond acceptors (Lipinski definition) is 8. The number of hydrogen-bond donors (Lipinski definition) is 2. The third-order valence-corrected chi connectivity index (χ3v) is 7.93. The number of thioether (sulfide) groups is 1. The van der Waals surface area contributed by atoms with Gasteiger partial charge in [-0.15, -0.1) is 0 Å². The fourth-order valence-corrected chi connectivity index (χ4v) is 5.62. The second-order valence-corrected chi connectivity index (χ2v) is 11.2. The molecule has 1 fully saturated rings. The lowest BCUT2D eigenvalue weighted by Crippen LogP contribution is -2.25. The molecule has 0 aliphatic carbocycles. The molecule has 43 heavy (non-hydrogen) atoms. The molecule has 0 radical (unpaired) electrons. The van der Waals surface area contributed by atoms with E-state index in [0.29, 0.717) is 34.9 Å². The summed E-state index contributed by atoms with van der Waals surface area (Å²) in [7, 11) is 1.93. The molecular formula is C32H27N5O5S. The molecule has 1 saturated heterocycles. The summed E-state index contributed by atoms with van der Waals surface area (Å²) in [5, 5.41) is 4.45. The number of fused-ring (bicyclic) bond motifs is 1. The van der Waals surface area contributed by atoms with Gasteiger partial charge in [-0.1, -0.05) is 23.9 Å². The number of nitrogens with one attached hydrogen (secondary N) is 2. The van der Waals surface area contributed by atoms with E-state index in [9.17, 15) is 14.4 Å². The summed E-state index contributed by atoms with van der Waals surface area (Å²) in [6.07, 6.45) is 3.27. The van der Waals surface area contributed by atoms with E-state index in [4.69, 9.17) is 14.5 Å². The molecule has 3 amide bonds. The van der Waals surface area contributed by atoms with Crippen LogP contribution in [0.25, 0.3) is 11.0 Å². The monoisotopic (exact) mass is 593 g/mol. The second kappa shape index (κ2) is 12.0. The Morgan fingerprint density at radius 3 is 2.47 bits per heavy atom. The van der Waals surface area contributed by atoms with E-state index in [1.165, 1.54) is 6.20 Å². The van der Waals surface area contributed by atoms with Gasteiger partial charge in [0, 0.05) is 31.2 Å². The molecule has 0 bridgehead atoms. The standard InChI is InChI=1S/C32H27N5O5S/c1-19(41-23-9-5-20(6-10-23)16-28-31(39)36-32(40)43-28)29-35-26-14-13-25(17-27(26)37(29)2)42-24-11-7-22(8-12-24)34-30(38)21-4-3-15-33-18-21/h3-15,17-19,28H,16H2,1-2H3,(H,34,38)(H,36,39,40). The van der Waals surface area contributed by atoms with Crippen LogP contribution < -0.4 is 20.1 Å². The van der Waals surface area contributed by atoms with Crippen molar-refractivity contribution >= 4 is 45.5 Å². The number of nitrogens with zero attached hydrogens (tertiary/aromatic N) is 3. The first-order valence-corrected chi connectivity index (χ1v) is 14.4. The summed E-state index contributed by atoms with van der Waals surface area (Å²) < 4.78 is 14.2. The molecule has 3 heterocycles. The number of rotatable bonds is 9. The van der Waals surface area contributed by atoms with Crippen molar-refractivity contribution in [1.29, 1.82) is 0 Å². The Morgan fingerprint density at radius 1 is 1.02 bits per heavy atom. The van der Waals surface area contributed by atoms with Gasteiger partial charge in [-0.2, -0.15) is 0 Å². The van der Waals surface area contributed by atoms with Crippen molar-refractivity contribution in [3.8, 4) is 17.2 Å². The van der Waals surface area contributed by atoms with Crippen molar-refractivity contribution < 1.29 is 23.9 Å². The quantitative estimate of drug-likeness (QED) is 0.212. The third kappa shape index (κ3) is 6.36. The Bertz CT molecular complexity index is 1810.